The summed E-state index contributed by atoms with van der Waals surface area (Å²) in [6, 6.07) is 4.63. The molecule has 0 unspecified atom stereocenters. The van der Waals surface area contributed by atoms with Crippen molar-refractivity contribution in [2.45, 2.75) is 12.8 Å². The van der Waals surface area contributed by atoms with E-state index in [1.54, 1.807) is 23.7 Å². The summed E-state index contributed by atoms with van der Waals surface area (Å²) < 4.78 is 0. The molecule has 1 fully saturated rings. The van der Waals surface area contributed by atoms with Crippen LogP contribution in [0.3, 0.4) is 0 Å². The zero-order valence-electron chi connectivity index (χ0n) is 11.2. The van der Waals surface area contributed by atoms with Crippen molar-refractivity contribution in [1.82, 2.24) is 4.98 Å². The lowest BCUT2D eigenvalue weighted by Gasteiger charge is -2.16. The third kappa shape index (κ3) is 2.72. The number of thiazole rings is 1. The van der Waals surface area contributed by atoms with Crippen LogP contribution in [-0.2, 0) is 9.59 Å². The van der Waals surface area contributed by atoms with Gasteiger partial charge in [0.25, 0.3) is 5.91 Å². The van der Waals surface area contributed by atoms with Gasteiger partial charge in [0.2, 0.25) is 11.8 Å². The Hall–Kier alpha value is -2.25. The minimum Gasteiger partial charge on any atom is -0.320 e. The molecule has 1 N–H and O–H groups in total. The summed E-state index contributed by atoms with van der Waals surface area (Å²) in [5, 5.41) is 4.93. The number of rotatable bonds is 3. The zero-order valence-corrected chi connectivity index (χ0v) is 12.8. The first-order valence-electron chi connectivity index (χ1n) is 6.42. The van der Waals surface area contributed by atoms with Crippen molar-refractivity contribution in [1.29, 1.82) is 0 Å². The lowest BCUT2D eigenvalue weighted by molar-refractivity contribution is -0.121. The highest BCUT2D eigenvalue weighted by Crippen LogP contribution is 2.32. The number of nitrogens with one attached hydrogen (secondary N) is 1. The smallest absolute Gasteiger partial charge is 0.284 e. The molecule has 112 valence electrons. The molecule has 8 heteroatoms. The predicted molar refractivity (Wildman–Crippen MR) is 83.2 cm³/mol. The number of aromatic nitrogens is 1. The predicted octanol–water partition coefficient (Wildman–Crippen LogP) is 2.70. The van der Waals surface area contributed by atoms with Gasteiger partial charge in [0.05, 0.1) is 10.7 Å². The van der Waals surface area contributed by atoms with Gasteiger partial charge in [-0.15, -0.1) is 11.3 Å². The zero-order chi connectivity index (χ0) is 15.7. The fourth-order valence-electron chi connectivity index (χ4n) is 2.13. The number of carbonyl (C=O) groups is 3. The van der Waals surface area contributed by atoms with Crippen LogP contribution in [-0.4, -0.2) is 22.7 Å². The van der Waals surface area contributed by atoms with E-state index in [0.29, 0.717) is 16.4 Å². The Morgan fingerprint density at radius 1 is 1.27 bits per heavy atom. The van der Waals surface area contributed by atoms with Crippen molar-refractivity contribution in [3.63, 3.8) is 0 Å². The summed E-state index contributed by atoms with van der Waals surface area (Å²) in [5.74, 6) is -0.884. The van der Waals surface area contributed by atoms with E-state index in [4.69, 9.17) is 11.6 Å². The number of benzene rings is 1. The van der Waals surface area contributed by atoms with E-state index in [-0.39, 0.29) is 35.6 Å². The van der Waals surface area contributed by atoms with E-state index in [9.17, 15) is 14.4 Å². The molecule has 22 heavy (non-hydrogen) atoms. The van der Waals surface area contributed by atoms with Gasteiger partial charge >= 0.3 is 0 Å². The Labute approximate surface area is 134 Å². The molecule has 6 nitrogen and oxygen atoms in total. The molecule has 2 heterocycles. The maximum Gasteiger partial charge on any atom is 0.284 e. The molecule has 1 aromatic heterocycles. The Morgan fingerprint density at radius 2 is 2.00 bits per heavy atom. The highest BCUT2D eigenvalue weighted by molar-refractivity contribution is 7.11. The van der Waals surface area contributed by atoms with Crippen molar-refractivity contribution in [3.8, 4) is 0 Å². The first kappa shape index (κ1) is 14.7. The second kappa shape index (κ2) is 5.86. The quantitative estimate of drug-likeness (QED) is 0.875. The van der Waals surface area contributed by atoms with E-state index < -0.39 is 0 Å². The van der Waals surface area contributed by atoms with Crippen LogP contribution in [0.25, 0.3) is 0 Å². The number of hydrogen-bond donors (Lipinski definition) is 1. The van der Waals surface area contributed by atoms with Crippen LogP contribution in [0.2, 0.25) is 5.02 Å². The van der Waals surface area contributed by atoms with Gasteiger partial charge in [-0.2, -0.15) is 0 Å². The normalized spacial score (nSPS) is 14.5. The second-order valence-corrected chi connectivity index (χ2v) is 5.88. The molecule has 0 saturated carbocycles. The van der Waals surface area contributed by atoms with Crippen molar-refractivity contribution in [2.75, 3.05) is 10.2 Å². The largest absolute Gasteiger partial charge is 0.320 e. The number of amides is 3. The fourth-order valence-corrected chi connectivity index (χ4v) is 2.93. The number of carbonyl (C=O) groups excluding carboxylic acids is 3. The average Bonchev–Trinajstić information content (AvgIpc) is 3.11. The summed E-state index contributed by atoms with van der Waals surface area (Å²) in [6.45, 7) is 0. The molecule has 0 spiro atoms. The topological polar surface area (TPSA) is 79.4 Å². The molecule has 1 aliphatic heterocycles. The van der Waals surface area contributed by atoms with Gasteiger partial charge in [0, 0.05) is 30.1 Å². The van der Waals surface area contributed by atoms with Gasteiger partial charge in [-0.05, 0) is 18.2 Å². The van der Waals surface area contributed by atoms with Gasteiger partial charge in [-0.1, -0.05) is 11.6 Å². The van der Waals surface area contributed by atoms with Crippen LogP contribution < -0.4 is 10.2 Å². The molecule has 0 bridgehead atoms. The van der Waals surface area contributed by atoms with E-state index in [1.807, 2.05) is 0 Å². The third-order valence-corrected chi connectivity index (χ3v) is 4.20. The summed E-state index contributed by atoms with van der Waals surface area (Å²) in [7, 11) is 0. The molecule has 1 saturated heterocycles. The van der Waals surface area contributed by atoms with Gasteiger partial charge in [0.1, 0.15) is 0 Å². The minimum absolute atomic E-state index is 0.192. The number of anilines is 2. The molecule has 2 aromatic rings. The van der Waals surface area contributed by atoms with Crippen molar-refractivity contribution >= 4 is 52.0 Å². The number of halogens is 1. The van der Waals surface area contributed by atoms with Gasteiger partial charge < -0.3 is 5.32 Å². The van der Waals surface area contributed by atoms with Gasteiger partial charge in [0.15, 0.2) is 5.01 Å². The minimum atomic E-state index is -0.341. The molecule has 1 aliphatic rings. The van der Waals surface area contributed by atoms with E-state index in [2.05, 4.69) is 10.3 Å². The molecular weight excluding hydrogens is 326 g/mol. The van der Waals surface area contributed by atoms with Crippen LogP contribution in [0, 0.1) is 0 Å². The molecule has 0 aliphatic carbocycles. The maximum atomic E-state index is 11.9. The Bertz CT molecular complexity index is 745. The molecule has 3 rings (SSSR count). The Kier molecular flexibility index (Phi) is 3.91. The van der Waals surface area contributed by atoms with Crippen LogP contribution >= 0.6 is 22.9 Å². The Balaban J connectivity index is 1.82. The number of nitrogens with zero attached hydrogens (tertiary/aromatic N) is 2. The van der Waals surface area contributed by atoms with Crippen molar-refractivity contribution in [2.24, 2.45) is 0 Å². The lowest BCUT2D eigenvalue weighted by Crippen LogP contribution is -2.28. The van der Waals surface area contributed by atoms with E-state index in [1.165, 1.54) is 17.4 Å². The molecular formula is C14H10ClN3O3S. The van der Waals surface area contributed by atoms with Crippen LogP contribution in [0.4, 0.5) is 11.4 Å². The molecule has 3 amide bonds. The van der Waals surface area contributed by atoms with E-state index >= 15 is 0 Å². The fraction of sp³-hybridized carbons (Fsp3) is 0.143. The van der Waals surface area contributed by atoms with Crippen molar-refractivity contribution < 1.29 is 14.4 Å². The van der Waals surface area contributed by atoms with Crippen molar-refractivity contribution in [3.05, 3.63) is 39.8 Å². The lowest BCUT2D eigenvalue weighted by atomic mass is 10.2. The van der Waals surface area contributed by atoms with Crippen LogP contribution in [0.5, 0.6) is 0 Å². The SMILES string of the molecule is O=C(Nc1ccc(N2C(=O)CCC2=O)c(Cl)c1)c1nccs1. The summed E-state index contributed by atoms with van der Waals surface area (Å²) in [4.78, 5) is 40.3. The highest BCUT2D eigenvalue weighted by atomic mass is 35.5. The monoisotopic (exact) mass is 335 g/mol. The standard InChI is InChI=1S/C14H10ClN3O3S/c15-9-7-8(17-13(21)14-16-5-6-22-14)1-2-10(9)18-11(19)3-4-12(18)20/h1-2,5-7H,3-4H2,(H,17,21). The molecule has 1 aromatic carbocycles. The second-order valence-electron chi connectivity index (χ2n) is 4.58. The molecule has 0 atom stereocenters. The summed E-state index contributed by atoms with van der Waals surface area (Å²) in [5.41, 5.74) is 0.800. The Morgan fingerprint density at radius 3 is 2.59 bits per heavy atom. The summed E-state index contributed by atoms with van der Waals surface area (Å²) >= 11 is 7.36. The maximum absolute atomic E-state index is 11.9. The third-order valence-electron chi connectivity index (χ3n) is 3.12. The average molecular weight is 336 g/mol. The van der Waals surface area contributed by atoms with Gasteiger partial charge in [-0.25, -0.2) is 9.88 Å². The number of hydrogen-bond acceptors (Lipinski definition) is 5. The van der Waals surface area contributed by atoms with Crippen LogP contribution in [0.1, 0.15) is 22.6 Å². The van der Waals surface area contributed by atoms with Crippen LogP contribution in [0.15, 0.2) is 29.8 Å². The number of imide groups is 1. The highest BCUT2D eigenvalue weighted by Gasteiger charge is 2.31. The first-order chi connectivity index (χ1) is 10.6. The first-order valence-corrected chi connectivity index (χ1v) is 7.68. The van der Waals surface area contributed by atoms with E-state index in [0.717, 1.165) is 4.90 Å². The summed E-state index contributed by atoms with van der Waals surface area (Å²) in [6.07, 6.45) is 1.93. The molecule has 0 radical (unpaired) electrons. The van der Waals surface area contributed by atoms with Gasteiger partial charge in [-0.3, -0.25) is 14.4 Å².